The van der Waals surface area contributed by atoms with Crippen molar-refractivity contribution in [3.8, 4) is 0 Å². The Balaban J connectivity index is 1.95. The van der Waals surface area contributed by atoms with Gasteiger partial charge in [-0.1, -0.05) is 6.92 Å². The third kappa shape index (κ3) is 3.54. The molecular weight excluding hydrogens is 258 g/mol. The summed E-state index contributed by atoms with van der Waals surface area (Å²) in [6, 6.07) is 2.97. The van der Waals surface area contributed by atoms with Gasteiger partial charge < -0.3 is 15.3 Å². The number of rotatable bonds is 4. The summed E-state index contributed by atoms with van der Waals surface area (Å²) in [5, 5.41) is 11.7. The number of carbonyl (C=O) groups is 2. The highest BCUT2D eigenvalue weighted by Crippen LogP contribution is 2.10. The van der Waals surface area contributed by atoms with E-state index in [2.05, 4.69) is 22.1 Å². The molecule has 0 saturated carbocycles. The number of amides is 1. The van der Waals surface area contributed by atoms with Gasteiger partial charge in [-0.05, 0) is 38.1 Å². The zero-order valence-electron chi connectivity index (χ0n) is 11.5. The zero-order chi connectivity index (χ0) is 14.5. The third-order valence-electron chi connectivity index (χ3n) is 3.53. The van der Waals surface area contributed by atoms with Gasteiger partial charge >= 0.3 is 5.97 Å². The van der Waals surface area contributed by atoms with Gasteiger partial charge in [-0.15, -0.1) is 0 Å². The second-order valence-electron chi connectivity index (χ2n) is 4.94. The standard InChI is InChI=1S/C14H19N3O3/c1-2-17-7-3-4-11(9-17)16-13(18)12-6-5-10(8-15-12)14(19)20/h5-6,8,11H,2-4,7,9H2,1H3,(H,16,18)(H,19,20). The van der Waals surface area contributed by atoms with Crippen LogP contribution in [0.4, 0.5) is 0 Å². The Morgan fingerprint density at radius 3 is 2.90 bits per heavy atom. The summed E-state index contributed by atoms with van der Waals surface area (Å²) in [6.45, 7) is 5.03. The molecule has 1 aromatic rings. The van der Waals surface area contributed by atoms with E-state index < -0.39 is 5.97 Å². The molecule has 1 aliphatic rings. The van der Waals surface area contributed by atoms with Gasteiger partial charge in [0.25, 0.3) is 5.91 Å². The van der Waals surface area contributed by atoms with E-state index in [1.54, 1.807) is 0 Å². The number of nitrogens with zero attached hydrogens (tertiary/aromatic N) is 2. The van der Waals surface area contributed by atoms with E-state index in [1.807, 2.05) is 0 Å². The molecule has 1 fully saturated rings. The third-order valence-corrected chi connectivity index (χ3v) is 3.53. The monoisotopic (exact) mass is 277 g/mol. The summed E-state index contributed by atoms with van der Waals surface area (Å²) < 4.78 is 0. The lowest BCUT2D eigenvalue weighted by atomic mass is 10.1. The molecule has 2 rings (SSSR count). The highest BCUT2D eigenvalue weighted by atomic mass is 16.4. The minimum atomic E-state index is -1.05. The Morgan fingerprint density at radius 1 is 1.50 bits per heavy atom. The molecule has 1 saturated heterocycles. The Kier molecular flexibility index (Phi) is 4.68. The van der Waals surface area contributed by atoms with Gasteiger partial charge in [0, 0.05) is 18.8 Å². The van der Waals surface area contributed by atoms with Gasteiger partial charge in [0.2, 0.25) is 0 Å². The van der Waals surface area contributed by atoms with Crippen LogP contribution < -0.4 is 5.32 Å². The fourth-order valence-corrected chi connectivity index (χ4v) is 2.37. The predicted octanol–water partition coefficient (Wildman–Crippen LogP) is 0.994. The van der Waals surface area contributed by atoms with E-state index in [0.29, 0.717) is 0 Å². The molecular formula is C14H19N3O3. The van der Waals surface area contributed by atoms with Gasteiger partial charge in [0.05, 0.1) is 5.56 Å². The Morgan fingerprint density at radius 2 is 2.30 bits per heavy atom. The molecule has 0 spiro atoms. The number of likely N-dealkylation sites (N-methyl/N-ethyl adjacent to an activating group) is 1. The van der Waals surface area contributed by atoms with Gasteiger partial charge in [-0.25, -0.2) is 4.79 Å². The molecule has 1 unspecified atom stereocenters. The summed E-state index contributed by atoms with van der Waals surface area (Å²) in [7, 11) is 0. The van der Waals surface area contributed by atoms with Crippen molar-refractivity contribution in [1.29, 1.82) is 0 Å². The van der Waals surface area contributed by atoms with Gasteiger partial charge in [-0.2, -0.15) is 0 Å². The summed E-state index contributed by atoms with van der Waals surface area (Å²) in [5.41, 5.74) is 0.333. The lowest BCUT2D eigenvalue weighted by Gasteiger charge is -2.32. The number of aromatic nitrogens is 1. The van der Waals surface area contributed by atoms with Gasteiger partial charge in [0.15, 0.2) is 0 Å². The normalized spacial score (nSPS) is 19.6. The van der Waals surface area contributed by atoms with Gasteiger partial charge in [-0.3, -0.25) is 9.78 Å². The van der Waals surface area contributed by atoms with Crippen molar-refractivity contribution in [2.24, 2.45) is 0 Å². The number of carboxylic acid groups (broad SMARTS) is 1. The number of likely N-dealkylation sites (tertiary alicyclic amines) is 1. The topological polar surface area (TPSA) is 82.5 Å². The maximum atomic E-state index is 12.0. The Bertz CT molecular complexity index is 487. The molecule has 2 N–H and O–H groups in total. The molecule has 1 aliphatic heterocycles. The number of carbonyl (C=O) groups excluding carboxylic acids is 1. The second-order valence-corrected chi connectivity index (χ2v) is 4.94. The minimum Gasteiger partial charge on any atom is -0.478 e. The number of nitrogens with one attached hydrogen (secondary N) is 1. The second kappa shape index (κ2) is 6.47. The van der Waals surface area contributed by atoms with E-state index in [1.165, 1.54) is 18.3 Å². The first kappa shape index (κ1) is 14.5. The van der Waals surface area contributed by atoms with Crippen molar-refractivity contribution >= 4 is 11.9 Å². The SMILES string of the molecule is CCN1CCCC(NC(=O)c2ccc(C(=O)O)cn2)C1. The van der Waals surface area contributed by atoms with Crippen molar-refractivity contribution in [1.82, 2.24) is 15.2 Å². The number of aromatic carboxylic acids is 1. The van der Waals surface area contributed by atoms with Crippen LogP contribution in [0.15, 0.2) is 18.3 Å². The Labute approximate surface area is 117 Å². The number of hydrogen-bond donors (Lipinski definition) is 2. The van der Waals surface area contributed by atoms with Crippen LogP contribution in [0.25, 0.3) is 0 Å². The quantitative estimate of drug-likeness (QED) is 0.857. The van der Waals surface area contributed by atoms with Crippen LogP contribution in [0, 0.1) is 0 Å². The van der Waals surface area contributed by atoms with Crippen LogP contribution in [0.5, 0.6) is 0 Å². The molecule has 6 nitrogen and oxygen atoms in total. The molecule has 2 heterocycles. The average Bonchev–Trinajstić information content (AvgIpc) is 2.47. The van der Waals surface area contributed by atoms with Crippen molar-refractivity contribution < 1.29 is 14.7 Å². The molecule has 20 heavy (non-hydrogen) atoms. The number of piperidine rings is 1. The van der Waals surface area contributed by atoms with Crippen LogP contribution in [-0.4, -0.2) is 52.5 Å². The van der Waals surface area contributed by atoms with Crippen molar-refractivity contribution in [3.63, 3.8) is 0 Å². The van der Waals surface area contributed by atoms with Gasteiger partial charge in [0.1, 0.15) is 5.69 Å². The van der Waals surface area contributed by atoms with Crippen LogP contribution >= 0.6 is 0 Å². The first-order chi connectivity index (χ1) is 9.60. The lowest BCUT2D eigenvalue weighted by molar-refractivity contribution is 0.0695. The molecule has 108 valence electrons. The van der Waals surface area contributed by atoms with Crippen LogP contribution in [-0.2, 0) is 0 Å². The summed E-state index contributed by atoms with van der Waals surface area (Å²) in [4.78, 5) is 29.0. The first-order valence-electron chi connectivity index (χ1n) is 6.82. The molecule has 1 aromatic heterocycles. The van der Waals surface area contributed by atoms with E-state index in [0.717, 1.165) is 32.5 Å². The maximum Gasteiger partial charge on any atom is 0.337 e. The van der Waals surface area contributed by atoms with Crippen molar-refractivity contribution in [3.05, 3.63) is 29.6 Å². The number of carboxylic acids is 1. The minimum absolute atomic E-state index is 0.0800. The van der Waals surface area contributed by atoms with Crippen LogP contribution in [0.2, 0.25) is 0 Å². The predicted molar refractivity (Wildman–Crippen MR) is 73.8 cm³/mol. The molecule has 0 aromatic carbocycles. The lowest BCUT2D eigenvalue weighted by Crippen LogP contribution is -2.47. The summed E-state index contributed by atoms with van der Waals surface area (Å²) in [6.07, 6.45) is 3.25. The average molecular weight is 277 g/mol. The molecule has 0 radical (unpaired) electrons. The van der Waals surface area contributed by atoms with Crippen LogP contribution in [0.1, 0.15) is 40.6 Å². The molecule has 1 atom stereocenters. The molecule has 0 bridgehead atoms. The fourth-order valence-electron chi connectivity index (χ4n) is 2.37. The smallest absolute Gasteiger partial charge is 0.337 e. The van der Waals surface area contributed by atoms with Crippen LogP contribution in [0.3, 0.4) is 0 Å². The summed E-state index contributed by atoms with van der Waals surface area (Å²) >= 11 is 0. The number of pyridine rings is 1. The zero-order valence-corrected chi connectivity index (χ0v) is 11.5. The molecule has 0 aliphatic carbocycles. The molecule has 6 heteroatoms. The number of hydrogen-bond acceptors (Lipinski definition) is 4. The summed E-state index contributed by atoms with van der Waals surface area (Å²) in [5.74, 6) is -1.29. The highest BCUT2D eigenvalue weighted by molar-refractivity contribution is 5.93. The Hall–Kier alpha value is -1.95. The van der Waals surface area contributed by atoms with E-state index in [4.69, 9.17) is 5.11 Å². The van der Waals surface area contributed by atoms with Crippen molar-refractivity contribution in [2.75, 3.05) is 19.6 Å². The fraction of sp³-hybridized carbons (Fsp3) is 0.500. The first-order valence-corrected chi connectivity index (χ1v) is 6.82. The van der Waals surface area contributed by atoms with E-state index >= 15 is 0 Å². The maximum absolute atomic E-state index is 12.0. The largest absolute Gasteiger partial charge is 0.478 e. The highest BCUT2D eigenvalue weighted by Gasteiger charge is 2.21. The van der Waals surface area contributed by atoms with E-state index in [-0.39, 0.29) is 23.2 Å². The van der Waals surface area contributed by atoms with E-state index in [9.17, 15) is 9.59 Å². The van der Waals surface area contributed by atoms with Crippen molar-refractivity contribution in [2.45, 2.75) is 25.8 Å². The molecule has 1 amide bonds.